The van der Waals surface area contributed by atoms with E-state index >= 15 is 0 Å². The Morgan fingerprint density at radius 1 is 1.50 bits per heavy atom. The number of carbonyl (C=O) groups excluding carboxylic acids is 1. The van der Waals surface area contributed by atoms with Gasteiger partial charge in [-0.25, -0.2) is 0 Å². The van der Waals surface area contributed by atoms with Crippen LogP contribution in [0.3, 0.4) is 0 Å². The van der Waals surface area contributed by atoms with Gasteiger partial charge in [0.15, 0.2) is 0 Å². The average Bonchev–Trinajstić information content (AvgIpc) is 2.30. The zero-order chi connectivity index (χ0) is 11.5. The summed E-state index contributed by atoms with van der Waals surface area (Å²) in [5.41, 5.74) is 1.43. The first-order chi connectivity index (χ1) is 7.68. The first kappa shape index (κ1) is 11.1. The summed E-state index contributed by atoms with van der Waals surface area (Å²) in [5, 5.41) is 9.38. The molecule has 1 aliphatic rings. The smallest absolute Gasteiger partial charge is 0.272 e. The van der Waals surface area contributed by atoms with Crippen molar-refractivity contribution in [3.63, 3.8) is 0 Å². The summed E-state index contributed by atoms with van der Waals surface area (Å²) < 4.78 is 0. The molecule has 0 aromatic carbocycles. The molecule has 0 unspecified atom stereocenters. The van der Waals surface area contributed by atoms with Crippen molar-refractivity contribution in [3.8, 4) is 0 Å². The molecule has 0 bridgehead atoms. The van der Waals surface area contributed by atoms with Crippen LogP contribution in [0.2, 0.25) is 0 Å². The number of likely N-dealkylation sites (tertiary alicyclic amines) is 1. The van der Waals surface area contributed by atoms with Gasteiger partial charge < -0.3 is 10.0 Å². The Labute approximate surface area is 94.9 Å². The number of aryl methyl sites for hydroxylation is 1. The third kappa shape index (κ3) is 2.22. The van der Waals surface area contributed by atoms with Gasteiger partial charge in [-0.3, -0.25) is 9.78 Å². The molecule has 2 rings (SSSR count). The molecule has 0 aliphatic carbocycles. The fraction of sp³-hybridized carbons (Fsp3) is 0.500. The third-order valence-corrected chi connectivity index (χ3v) is 2.96. The Balaban J connectivity index is 2.11. The summed E-state index contributed by atoms with van der Waals surface area (Å²) in [6, 6.07) is 3.71. The van der Waals surface area contributed by atoms with Gasteiger partial charge in [0.05, 0.1) is 6.10 Å². The monoisotopic (exact) mass is 220 g/mol. The second-order valence-corrected chi connectivity index (χ2v) is 4.19. The fourth-order valence-electron chi connectivity index (χ4n) is 1.93. The molecule has 1 fully saturated rings. The van der Waals surface area contributed by atoms with Crippen LogP contribution in [-0.2, 0) is 0 Å². The molecule has 0 radical (unpaired) electrons. The predicted molar refractivity (Wildman–Crippen MR) is 60.1 cm³/mol. The van der Waals surface area contributed by atoms with Gasteiger partial charge in [-0.2, -0.15) is 0 Å². The van der Waals surface area contributed by atoms with Crippen molar-refractivity contribution in [2.24, 2.45) is 0 Å². The predicted octanol–water partition coefficient (Wildman–Crippen LogP) is 0.987. The van der Waals surface area contributed by atoms with E-state index in [-0.39, 0.29) is 12.0 Å². The number of pyridine rings is 1. The summed E-state index contributed by atoms with van der Waals surface area (Å²) in [6.07, 6.45) is 2.71. The van der Waals surface area contributed by atoms with Crippen LogP contribution >= 0.6 is 0 Å². The molecule has 4 nitrogen and oxygen atoms in total. The van der Waals surface area contributed by atoms with Gasteiger partial charge in [0, 0.05) is 19.3 Å². The quantitative estimate of drug-likeness (QED) is 0.767. The molecule has 1 saturated heterocycles. The van der Waals surface area contributed by atoms with Gasteiger partial charge in [0.25, 0.3) is 5.91 Å². The summed E-state index contributed by atoms with van der Waals surface area (Å²) in [4.78, 5) is 18.0. The molecule has 4 heteroatoms. The molecule has 1 N–H and O–H groups in total. The highest BCUT2D eigenvalue weighted by Gasteiger charge is 2.23. The highest BCUT2D eigenvalue weighted by Crippen LogP contribution is 2.14. The van der Waals surface area contributed by atoms with Crippen molar-refractivity contribution in [2.45, 2.75) is 25.9 Å². The summed E-state index contributed by atoms with van der Waals surface area (Å²) in [5.74, 6) is -0.0231. The first-order valence-electron chi connectivity index (χ1n) is 5.57. The Bertz CT molecular complexity index is 384. The number of nitrogens with zero attached hydrogens (tertiary/aromatic N) is 2. The van der Waals surface area contributed by atoms with Crippen LogP contribution in [0.1, 0.15) is 28.9 Å². The fourth-order valence-corrected chi connectivity index (χ4v) is 1.93. The minimum Gasteiger partial charge on any atom is -0.393 e. The van der Waals surface area contributed by atoms with E-state index in [0.717, 1.165) is 5.56 Å². The zero-order valence-electron chi connectivity index (χ0n) is 9.39. The maximum Gasteiger partial charge on any atom is 0.272 e. The lowest BCUT2D eigenvalue weighted by atomic mass is 10.1. The number of hydrogen-bond acceptors (Lipinski definition) is 3. The van der Waals surface area contributed by atoms with E-state index in [1.54, 1.807) is 11.1 Å². The number of piperidine rings is 1. The number of rotatable bonds is 1. The van der Waals surface area contributed by atoms with Crippen LogP contribution < -0.4 is 0 Å². The highest BCUT2D eigenvalue weighted by molar-refractivity contribution is 5.93. The highest BCUT2D eigenvalue weighted by atomic mass is 16.3. The van der Waals surface area contributed by atoms with E-state index in [1.165, 1.54) is 0 Å². The molecule has 0 atom stereocenters. The molecule has 0 saturated carbocycles. The molecule has 1 aromatic rings. The lowest BCUT2D eigenvalue weighted by Gasteiger charge is -2.29. The molecule has 1 aromatic heterocycles. The number of aliphatic hydroxyl groups excluding tert-OH is 1. The number of aromatic nitrogens is 1. The average molecular weight is 220 g/mol. The van der Waals surface area contributed by atoms with Crippen molar-refractivity contribution >= 4 is 5.91 Å². The van der Waals surface area contributed by atoms with Gasteiger partial charge in [0.2, 0.25) is 0 Å². The molecule has 86 valence electrons. The van der Waals surface area contributed by atoms with Crippen LogP contribution in [0.15, 0.2) is 18.3 Å². The van der Waals surface area contributed by atoms with Crippen molar-refractivity contribution in [1.82, 2.24) is 9.88 Å². The van der Waals surface area contributed by atoms with E-state index in [0.29, 0.717) is 31.6 Å². The molecular formula is C12H16N2O2. The SMILES string of the molecule is Cc1cccnc1C(=O)N1CCC(O)CC1. The lowest BCUT2D eigenvalue weighted by molar-refractivity contribution is 0.0541. The lowest BCUT2D eigenvalue weighted by Crippen LogP contribution is -2.40. The Hall–Kier alpha value is -1.42. The van der Waals surface area contributed by atoms with Crippen LogP contribution in [0.5, 0.6) is 0 Å². The Morgan fingerprint density at radius 3 is 2.81 bits per heavy atom. The molecular weight excluding hydrogens is 204 g/mol. The summed E-state index contributed by atoms with van der Waals surface area (Å²) in [7, 11) is 0. The molecule has 0 spiro atoms. The van der Waals surface area contributed by atoms with Gasteiger partial charge in [-0.15, -0.1) is 0 Å². The standard InChI is InChI=1S/C12H16N2O2/c1-9-3-2-6-13-11(9)12(16)14-7-4-10(15)5-8-14/h2-3,6,10,15H,4-5,7-8H2,1H3. The van der Waals surface area contributed by atoms with Gasteiger partial charge >= 0.3 is 0 Å². The van der Waals surface area contributed by atoms with Crippen LogP contribution in [0, 0.1) is 6.92 Å². The Kier molecular flexibility index (Phi) is 3.19. The largest absolute Gasteiger partial charge is 0.393 e. The molecule has 1 amide bonds. The number of hydrogen-bond donors (Lipinski definition) is 1. The van der Waals surface area contributed by atoms with E-state index in [1.807, 2.05) is 19.1 Å². The summed E-state index contributed by atoms with van der Waals surface area (Å²) in [6.45, 7) is 3.13. The topological polar surface area (TPSA) is 53.4 Å². The minimum absolute atomic E-state index is 0.0231. The number of carbonyl (C=O) groups is 1. The van der Waals surface area contributed by atoms with Gasteiger partial charge in [-0.05, 0) is 31.4 Å². The first-order valence-corrected chi connectivity index (χ1v) is 5.57. The van der Waals surface area contributed by atoms with E-state index in [9.17, 15) is 9.90 Å². The second-order valence-electron chi connectivity index (χ2n) is 4.19. The maximum atomic E-state index is 12.1. The van der Waals surface area contributed by atoms with Crippen LogP contribution in [0.25, 0.3) is 0 Å². The van der Waals surface area contributed by atoms with Crippen molar-refractivity contribution in [2.75, 3.05) is 13.1 Å². The maximum absolute atomic E-state index is 12.1. The van der Waals surface area contributed by atoms with Crippen molar-refractivity contribution in [1.29, 1.82) is 0 Å². The van der Waals surface area contributed by atoms with Crippen LogP contribution in [-0.4, -0.2) is 40.1 Å². The second kappa shape index (κ2) is 4.61. The Morgan fingerprint density at radius 2 is 2.19 bits per heavy atom. The minimum atomic E-state index is -0.256. The third-order valence-electron chi connectivity index (χ3n) is 2.96. The van der Waals surface area contributed by atoms with Gasteiger partial charge in [0.1, 0.15) is 5.69 Å². The van der Waals surface area contributed by atoms with E-state index in [2.05, 4.69) is 4.98 Å². The molecule has 2 heterocycles. The number of amides is 1. The van der Waals surface area contributed by atoms with Gasteiger partial charge in [-0.1, -0.05) is 6.07 Å². The summed E-state index contributed by atoms with van der Waals surface area (Å²) >= 11 is 0. The molecule has 16 heavy (non-hydrogen) atoms. The van der Waals surface area contributed by atoms with E-state index < -0.39 is 0 Å². The van der Waals surface area contributed by atoms with Crippen molar-refractivity contribution < 1.29 is 9.90 Å². The molecule has 1 aliphatic heterocycles. The zero-order valence-corrected chi connectivity index (χ0v) is 9.39. The van der Waals surface area contributed by atoms with E-state index in [4.69, 9.17) is 0 Å². The van der Waals surface area contributed by atoms with Crippen LogP contribution in [0.4, 0.5) is 0 Å². The normalized spacial score (nSPS) is 17.5. The van der Waals surface area contributed by atoms with Crippen molar-refractivity contribution in [3.05, 3.63) is 29.6 Å². The number of aliphatic hydroxyl groups is 1.